The first-order chi connectivity index (χ1) is 8.15. The highest BCUT2D eigenvalue weighted by Crippen LogP contribution is 2.28. The summed E-state index contributed by atoms with van der Waals surface area (Å²) in [6, 6.07) is 7.45. The molecule has 0 saturated carbocycles. The molecule has 0 aliphatic heterocycles. The van der Waals surface area contributed by atoms with E-state index in [0.717, 1.165) is 30.4 Å². The summed E-state index contributed by atoms with van der Waals surface area (Å²) in [6.45, 7) is 5.43. The van der Waals surface area contributed by atoms with Crippen molar-refractivity contribution >= 4 is 23.1 Å². The average Bonchev–Trinajstić information content (AvgIpc) is 2.29. The molecule has 0 unspecified atom stereocenters. The predicted octanol–water partition coefficient (Wildman–Crippen LogP) is 4.03. The van der Waals surface area contributed by atoms with Crippen LogP contribution < -0.4 is 4.74 Å². The zero-order valence-electron chi connectivity index (χ0n) is 10.0. The second-order valence-electron chi connectivity index (χ2n) is 3.84. The van der Waals surface area contributed by atoms with Crippen LogP contribution in [-0.4, -0.2) is 11.8 Å². The minimum atomic E-state index is -0.314. The number of para-hydroxylation sites is 1. The van der Waals surface area contributed by atoms with E-state index in [1.165, 1.54) is 6.92 Å². The summed E-state index contributed by atoms with van der Waals surface area (Å²) in [4.78, 5) is 11.0. The molecule has 0 spiro atoms. The van der Waals surface area contributed by atoms with Crippen molar-refractivity contribution in [2.45, 2.75) is 26.2 Å². The van der Waals surface area contributed by atoms with Crippen LogP contribution in [0.4, 0.5) is 0 Å². The third-order valence-electron chi connectivity index (χ3n) is 2.38. The summed E-state index contributed by atoms with van der Waals surface area (Å²) in [7, 11) is 0. The molecule has 0 amide bonds. The number of halogens is 1. The fourth-order valence-corrected chi connectivity index (χ4v) is 1.76. The Kier molecular flexibility index (Phi) is 5.78. The molecular weight excluding hydrogens is 236 g/mol. The lowest BCUT2D eigenvalue weighted by Crippen LogP contribution is -2.03. The second-order valence-corrected chi connectivity index (χ2v) is 4.22. The van der Waals surface area contributed by atoms with Gasteiger partial charge in [0.2, 0.25) is 0 Å². The first kappa shape index (κ1) is 13.8. The van der Waals surface area contributed by atoms with Crippen molar-refractivity contribution in [3.05, 3.63) is 36.4 Å². The maximum atomic E-state index is 11.0. The molecule has 0 atom stereocenters. The number of esters is 1. The Bertz CT molecular complexity index is 399. The van der Waals surface area contributed by atoms with Crippen LogP contribution in [0.2, 0.25) is 0 Å². The number of allylic oxidation sites excluding steroid dienone is 1. The Labute approximate surface area is 107 Å². The van der Waals surface area contributed by atoms with E-state index in [1.54, 1.807) is 6.07 Å². The van der Waals surface area contributed by atoms with E-state index in [-0.39, 0.29) is 5.97 Å². The van der Waals surface area contributed by atoms with E-state index >= 15 is 0 Å². The van der Waals surface area contributed by atoms with Gasteiger partial charge in [0.15, 0.2) is 0 Å². The van der Waals surface area contributed by atoms with Gasteiger partial charge in [-0.15, -0.1) is 11.6 Å². The molecule has 0 heterocycles. The molecule has 0 aromatic heterocycles. The molecule has 1 aromatic rings. The van der Waals surface area contributed by atoms with Gasteiger partial charge in [0.25, 0.3) is 0 Å². The van der Waals surface area contributed by atoms with Crippen LogP contribution in [0.15, 0.2) is 30.8 Å². The van der Waals surface area contributed by atoms with E-state index < -0.39 is 0 Å². The second kappa shape index (κ2) is 7.13. The molecule has 1 rings (SSSR count). The molecule has 92 valence electrons. The molecule has 0 aliphatic rings. The Morgan fingerprint density at radius 3 is 2.71 bits per heavy atom. The van der Waals surface area contributed by atoms with Gasteiger partial charge in [-0.2, -0.15) is 0 Å². The summed E-state index contributed by atoms with van der Waals surface area (Å²) in [6.07, 6.45) is 2.83. The highest BCUT2D eigenvalue weighted by atomic mass is 35.5. The molecule has 0 bridgehead atoms. The first-order valence-corrected chi connectivity index (χ1v) is 6.20. The highest BCUT2D eigenvalue weighted by Gasteiger charge is 2.08. The third-order valence-corrected chi connectivity index (χ3v) is 2.65. The topological polar surface area (TPSA) is 26.3 Å². The lowest BCUT2D eigenvalue weighted by Gasteiger charge is -2.10. The molecule has 2 nitrogen and oxygen atoms in total. The summed E-state index contributed by atoms with van der Waals surface area (Å²) in [5.74, 6) is 0.931. The number of hydrogen-bond donors (Lipinski definition) is 0. The van der Waals surface area contributed by atoms with Crippen molar-refractivity contribution in [1.82, 2.24) is 0 Å². The number of rotatable bonds is 6. The van der Waals surface area contributed by atoms with Gasteiger partial charge < -0.3 is 4.74 Å². The third kappa shape index (κ3) is 4.61. The van der Waals surface area contributed by atoms with Gasteiger partial charge in [-0.3, -0.25) is 4.79 Å². The van der Waals surface area contributed by atoms with Gasteiger partial charge in [-0.1, -0.05) is 24.8 Å². The number of hydrogen-bond acceptors (Lipinski definition) is 2. The quantitative estimate of drug-likeness (QED) is 0.331. The Morgan fingerprint density at radius 1 is 1.35 bits per heavy atom. The minimum absolute atomic E-state index is 0.314. The zero-order chi connectivity index (χ0) is 12.7. The van der Waals surface area contributed by atoms with Crippen molar-refractivity contribution in [1.29, 1.82) is 0 Å². The number of alkyl halides is 1. The number of benzene rings is 1. The van der Waals surface area contributed by atoms with Crippen LogP contribution in [-0.2, 0) is 4.79 Å². The van der Waals surface area contributed by atoms with Crippen molar-refractivity contribution < 1.29 is 9.53 Å². The molecule has 1 aromatic carbocycles. The molecular formula is C14H17ClO2. The Morgan fingerprint density at radius 2 is 2.06 bits per heavy atom. The molecule has 3 heteroatoms. The SMILES string of the molecule is C=C(CCCCCl)c1ccccc1OC(C)=O. The van der Waals surface area contributed by atoms with Crippen molar-refractivity contribution in [2.24, 2.45) is 0 Å². The van der Waals surface area contributed by atoms with Gasteiger partial charge in [0.05, 0.1) is 0 Å². The lowest BCUT2D eigenvalue weighted by molar-refractivity contribution is -0.131. The summed E-state index contributed by atoms with van der Waals surface area (Å²) in [5, 5.41) is 0. The van der Waals surface area contributed by atoms with Crippen LogP contribution >= 0.6 is 11.6 Å². The van der Waals surface area contributed by atoms with Crippen molar-refractivity contribution in [3.63, 3.8) is 0 Å². The van der Waals surface area contributed by atoms with E-state index in [0.29, 0.717) is 11.6 Å². The van der Waals surface area contributed by atoms with Gasteiger partial charge >= 0.3 is 5.97 Å². The summed E-state index contributed by atoms with van der Waals surface area (Å²) in [5.41, 5.74) is 1.88. The summed E-state index contributed by atoms with van der Waals surface area (Å²) >= 11 is 5.63. The maximum Gasteiger partial charge on any atom is 0.308 e. The van der Waals surface area contributed by atoms with E-state index in [9.17, 15) is 4.79 Å². The first-order valence-electron chi connectivity index (χ1n) is 5.66. The largest absolute Gasteiger partial charge is 0.426 e. The predicted molar refractivity (Wildman–Crippen MR) is 71.4 cm³/mol. The Hall–Kier alpha value is -1.28. The minimum Gasteiger partial charge on any atom is -0.426 e. The molecule has 0 fully saturated rings. The van der Waals surface area contributed by atoms with Crippen LogP contribution in [0, 0.1) is 0 Å². The van der Waals surface area contributed by atoms with Gasteiger partial charge in [-0.25, -0.2) is 0 Å². The maximum absolute atomic E-state index is 11.0. The highest BCUT2D eigenvalue weighted by molar-refractivity contribution is 6.17. The van der Waals surface area contributed by atoms with Crippen molar-refractivity contribution in [3.8, 4) is 5.75 Å². The lowest BCUT2D eigenvalue weighted by atomic mass is 10.0. The standard InChI is InChI=1S/C14H17ClO2/c1-11(7-5-6-10-15)13-8-3-4-9-14(13)17-12(2)16/h3-4,8-9H,1,5-7,10H2,2H3. The van der Waals surface area contributed by atoms with Crippen molar-refractivity contribution in [2.75, 3.05) is 5.88 Å². The normalized spacial score (nSPS) is 10.0. The molecule has 17 heavy (non-hydrogen) atoms. The molecule has 0 saturated heterocycles. The van der Waals surface area contributed by atoms with Crippen LogP contribution in [0.1, 0.15) is 31.7 Å². The van der Waals surface area contributed by atoms with Gasteiger partial charge in [0, 0.05) is 18.4 Å². The number of carbonyl (C=O) groups excluding carboxylic acids is 1. The fraction of sp³-hybridized carbons (Fsp3) is 0.357. The molecule has 0 N–H and O–H groups in total. The van der Waals surface area contributed by atoms with Crippen LogP contribution in [0.3, 0.4) is 0 Å². The number of ether oxygens (including phenoxy) is 1. The van der Waals surface area contributed by atoms with Gasteiger partial charge in [-0.05, 0) is 30.9 Å². The molecule has 0 radical (unpaired) electrons. The van der Waals surface area contributed by atoms with E-state index in [1.807, 2.05) is 18.2 Å². The van der Waals surface area contributed by atoms with Crippen LogP contribution in [0.5, 0.6) is 5.75 Å². The van der Waals surface area contributed by atoms with Crippen LogP contribution in [0.25, 0.3) is 5.57 Å². The monoisotopic (exact) mass is 252 g/mol. The number of carbonyl (C=O) groups is 1. The average molecular weight is 253 g/mol. The summed E-state index contributed by atoms with van der Waals surface area (Å²) < 4.78 is 5.15. The zero-order valence-corrected chi connectivity index (χ0v) is 10.8. The van der Waals surface area contributed by atoms with Gasteiger partial charge in [0.1, 0.15) is 5.75 Å². The van der Waals surface area contributed by atoms with E-state index in [4.69, 9.17) is 16.3 Å². The number of unbranched alkanes of at least 4 members (excludes halogenated alkanes) is 1. The fourth-order valence-electron chi connectivity index (χ4n) is 1.57. The Balaban J connectivity index is 2.74. The molecule has 0 aliphatic carbocycles. The smallest absolute Gasteiger partial charge is 0.308 e. The van der Waals surface area contributed by atoms with E-state index in [2.05, 4.69) is 6.58 Å².